The van der Waals surface area contributed by atoms with Crippen molar-refractivity contribution in [1.29, 1.82) is 0 Å². The zero-order valence-corrected chi connectivity index (χ0v) is 17.9. The van der Waals surface area contributed by atoms with E-state index in [2.05, 4.69) is 69.1 Å². The SMILES string of the molecule is CC1CC2N(C)C(=O)CC[C@]2(C)[C@@H]2CC[C@]3(C)C(c4ccccc4)=CC[C@H]3[C@H]12. The number of rotatable bonds is 1. The van der Waals surface area contributed by atoms with Gasteiger partial charge in [0, 0.05) is 19.5 Å². The highest BCUT2D eigenvalue weighted by atomic mass is 16.2. The highest BCUT2D eigenvalue weighted by Crippen LogP contribution is 2.67. The first kappa shape index (κ1) is 18.5. The smallest absolute Gasteiger partial charge is 0.222 e. The van der Waals surface area contributed by atoms with Crippen LogP contribution in [0.2, 0.25) is 0 Å². The standard InChI is InChI=1S/C26H35NO/c1-17-16-22-26(3,15-13-23(28)27(22)4)21-12-14-25(2)19(10-11-20(25)24(17)21)18-8-6-5-7-9-18/h5-10,17,20-22,24H,11-16H2,1-4H3/t17?,20-,21+,22?,24-,25+,26+/m0/s1. The van der Waals surface area contributed by atoms with E-state index in [1.54, 1.807) is 5.57 Å². The molecule has 2 heteroatoms. The van der Waals surface area contributed by atoms with Crippen molar-refractivity contribution in [3.8, 4) is 0 Å². The third-order valence-electron chi connectivity index (χ3n) is 9.60. The third kappa shape index (κ3) is 2.36. The summed E-state index contributed by atoms with van der Waals surface area (Å²) in [6, 6.07) is 11.5. The van der Waals surface area contributed by atoms with Crippen molar-refractivity contribution in [3.05, 3.63) is 42.0 Å². The van der Waals surface area contributed by atoms with Crippen LogP contribution in [0, 0.1) is 34.5 Å². The Kier molecular flexibility index (Phi) is 4.09. The number of nitrogens with zero attached hydrogens (tertiary/aromatic N) is 1. The van der Waals surface area contributed by atoms with Gasteiger partial charge in [-0.25, -0.2) is 0 Å². The molecule has 2 unspecified atom stereocenters. The molecule has 2 saturated carbocycles. The van der Waals surface area contributed by atoms with Crippen LogP contribution in [0.3, 0.4) is 0 Å². The van der Waals surface area contributed by atoms with Crippen molar-refractivity contribution in [2.24, 2.45) is 34.5 Å². The van der Waals surface area contributed by atoms with E-state index >= 15 is 0 Å². The number of likely N-dealkylation sites (tertiary alicyclic amines) is 1. The van der Waals surface area contributed by atoms with Crippen LogP contribution in [0.5, 0.6) is 0 Å². The van der Waals surface area contributed by atoms with Crippen molar-refractivity contribution >= 4 is 11.5 Å². The Bertz CT molecular complexity index is 813. The fourth-order valence-electron chi connectivity index (χ4n) is 8.10. The number of piperidine rings is 1. The summed E-state index contributed by atoms with van der Waals surface area (Å²) in [4.78, 5) is 14.5. The molecule has 7 atom stereocenters. The second-order valence-electron chi connectivity index (χ2n) is 10.7. The quantitative estimate of drug-likeness (QED) is 0.606. The third-order valence-corrected chi connectivity index (χ3v) is 9.60. The Balaban J connectivity index is 1.49. The van der Waals surface area contributed by atoms with E-state index in [4.69, 9.17) is 0 Å². The lowest BCUT2D eigenvalue weighted by molar-refractivity contribution is -0.162. The van der Waals surface area contributed by atoms with Gasteiger partial charge in [0.2, 0.25) is 5.91 Å². The first-order valence-electron chi connectivity index (χ1n) is 11.4. The van der Waals surface area contributed by atoms with Crippen LogP contribution in [0.15, 0.2) is 36.4 Å². The van der Waals surface area contributed by atoms with Gasteiger partial charge in [-0.2, -0.15) is 0 Å². The average Bonchev–Trinajstić information content (AvgIpc) is 3.05. The minimum atomic E-state index is 0.302. The normalized spacial score (nSPS) is 45.1. The molecular weight excluding hydrogens is 342 g/mol. The number of hydrogen-bond donors (Lipinski definition) is 0. The monoisotopic (exact) mass is 377 g/mol. The van der Waals surface area contributed by atoms with Crippen molar-refractivity contribution in [2.75, 3.05) is 7.05 Å². The van der Waals surface area contributed by atoms with Gasteiger partial charge in [0.05, 0.1) is 0 Å². The van der Waals surface area contributed by atoms with Gasteiger partial charge in [-0.3, -0.25) is 4.79 Å². The molecule has 0 N–H and O–H groups in total. The second-order valence-corrected chi connectivity index (χ2v) is 10.7. The van der Waals surface area contributed by atoms with E-state index in [1.807, 2.05) is 0 Å². The molecule has 1 saturated heterocycles. The molecular formula is C26H35NO. The minimum Gasteiger partial charge on any atom is -0.342 e. The van der Waals surface area contributed by atoms with Gasteiger partial charge in [-0.05, 0) is 77.7 Å². The first-order chi connectivity index (χ1) is 13.4. The Morgan fingerprint density at radius 1 is 1.07 bits per heavy atom. The number of carbonyl (C=O) groups is 1. The Labute approximate surface area is 170 Å². The fraction of sp³-hybridized carbons (Fsp3) is 0.654. The van der Waals surface area contributed by atoms with Gasteiger partial charge in [0.15, 0.2) is 0 Å². The molecule has 150 valence electrons. The van der Waals surface area contributed by atoms with Crippen molar-refractivity contribution in [3.63, 3.8) is 0 Å². The molecule has 0 bridgehead atoms. The molecule has 28 heavy (non-hydrogen) atoms. The maximum absolute atomic E-state index is 12.4. The van der Waals surface area contributed by atoms with Gasteiger partial charge in [-0.1, -0.05) is 57.2 Å². The summed E-state index contributed by atoms with van der Waals surface area (Å²) in [6.07, 6.45) is 9.45. The minimum absolute atomic E-state index is 0.302. The molecule has 0 spiro atoms. The van der Waals surface area contributed by atoms with E-state index in [9.17, 15) is 4.79 Å². The van der Waals surface area contributed by atoms with Crippen LogP contribution in [0.1, 0.15) is 64.9 Å². The van der Waals surface area contributed by atoms with Gasteiger partial charge >= 0.3 is 0 Å². The van der Waals surface area contributed by atoms with Gasteiger partial charge in [0.25, 0.3) is 0 Å². The number of amides is 1. The molecule has 1 amide bonds. The van der Waals surface area contributed by atoms with E-state index in [-0.39, 0.29) is 0 Å². The summed E-state index contributed by atoms with van der Waals surface area (Å²) < 4.78 is 0. The molecule has 0 radical (unpaired) electrons. The molecule has 1 heterocycles. The van der Waals surface area contributed by atoms with Crippen LogP contribution in [0.4, 0.5) is 0 Å². The Hall–Kier alpha value is -1.57. The van der Waals surface area contributed by atoms with Crippen LogP contribution in [-0.2, 0) is 4.79 Å². The molecule has 1 aromatic carbocycles. The van der Waals surface area contributed by atoms with E-state index < -0.39 is 0 Å². The molecule has 2 nitrogen and oxygen atoms in total. The number of benzene rings is 1. The van der Waals surface area contributed by atoms with Crippen LogP contribution in [-0.4, -0.2) is 23.9 Å². The van der Waals surface area contributed by atoms with Crippen molar-refractivity contribution in [1.82, 2.24) is 4.90 Å². The molecule has 5 rings (SSSR count). The number of fused-ring (bicyclic) bond motifs is 5. The molecule has 1 aromatic rings. The summed E-state index contributed by atoms with van der Waals surface area (Å²) in [7, 11) is 2.06. The van der Waals surface area contributed by atoms with Gasteiger partial charge in [-0.15, -0.1) is 0 Å². The van der Waals surface area contributed by atoms with Crippen molar-refractivity contribution in [2.45, 2.75) is 65.3 Å². The van der Waals surface area contributed by atoms with E-state index in [0.717, 1.165) is 30.6 Å². The topological polar surface area (TPSA) is 20.3 Å². The molecule has 3 fully saturated rings. The van der Waals surface area contributed by atoms with Crippen LogP contribution < -0.4 is 0 Å². The van der Waals surface area contributed by atoms with Crippen LogP contribution in [0.25, 0.3) is 5.57 Å². The lowest BCUT2D eigenvalue weighted by atomic mass is 9.44. The molecule has 3 aliphatic carbocycles. The number of hydrogen-bond acceptors (Lipinski definition) is 1. The Morgan fingerprint density at radius 2 is 1.82 bits per heavy atom. The first-order valence-corrected chi connectivity index (χ1v) is 11.4. The van der Waals surface area contributed by atoms with Crippen LogP contribution >= 0.6 is 0 Å². The van der Waals surface area contributed by atoms with Crippen molar-refractivity contribution < 1.29 is 4.79 Å². The summed E-state index contributed by atoms with van der Waals surface area (Å²) in [5.41, 5.74) is 3.65. The highest BCUT2D eigenvalue weighted by Gasteiger charge is 2.61. The number of allylic oxidation sites excluding steroid dienone is 2. The molecule has 1 aliphatic heterocycles. The Morgan fingerprint density at radius 3 is 2.57 bits per heavy atom. The zero-order valence-electron chi connectivity index (χ0n) is 17.9. The fourth-order valence-corrected chi connectivity index (χ4v) is 8.10. The summed E-state index contributed by atoms with van der Waals surface area (Å²) in [5, 5.41) is 0. The predicted octanol–water partition coefficient (Wildman–Crippen LogP) is 5.79. The predicted molar refractivity (Wildman–Crippen MR) is 115 cm³/mol. The second kappa shape index (κ2) is 6.21. The molecule has 4 aliphatic rings. The summed E-state index contributed by atoms with van der Waals surface area (Å²) in [6.45, 7) is 7.56. The highest BCUT2D eigenvalue weighted by molar-refractivity contribution is 5.77. The van der Waals surface area contributed by atoms with E-state index in [1.165, 1.54) is 31.2 Å². The van der Waals surface area contributed by atoms with Gasteiger partial charge in [0.1, 0.15) is 0 Å². The maximum Gasteiger partial charge on any atom is 0.222 e. The summed E-state index contributed by atoms with van der Waals surface area (Å²) >= 11 is 0. The number of carbonyl (C=O) groups excluding carboxylic acids is 1. The zero-order chi connectivity index (χ0) is 19.7. The lowest BCUT2D eigenvalue weighted by Crippen LogP contribution is -2.63. The molecule has 0 aromatic heterocycles. The van der Waals surface area contributed by atoms with E-state index in [0.29, 0.717) is 28.7 Å². The maximum atomic E-state index is 12.4. The average molecular weight is 378 g/mol. The lowest BCUT2D eigenvalue weighted by Gasteiger charge is -2.63. The summed E-state index contributed by atoms with van der Waals surface area (Å²) in [5.74, 6) is 3.38. The van der Waals surface area contributed by atoms with Gasteiger partial charge < -0.3 is 4.90 Å². The largest absolute Gasteiger partial charge is 0.342 e.